The summed E-state index contributed by atoms with van der Waals surface area (Å²) in [6.45, 7) is 6.60. The van der Waals surface area contributed by atoms with Crippen LogP contribution in [0.5, 0.6) is 0 Å². The van der Waals surface area contributed by atoms with E-state index in [-0.39, 0.29) is 24.3 Å². The van der Waals surface area contributed by atoms with Crippen molar-refractivity contribution in [2.75, 3.05) is 20.3 Å². The SMILES string of the molecule is C=CCNC(=O)N[C@@H]1C[C@@H](OCC)[C@@H]1OC. The number of carbonyl (C=O) groups excluding carboxylic acids is 1. The Morgan fingerprint density at radius 1 is 1.62 bits per heavy atom. The lowest BCUT2D eigenvalue weighted by Gasteiger charge is -2.43. The molecule has 0 unspecified atom stereocenters. The van der Waals surface area contributed by atoms with Gasteiger partial charge in [0.25, 0.3) is 0 Å². The Hall–Kier alpha value is -1.07. The average Bonchev–Trinajstić information content (AvgIpc) is 2.25. The molecule has 2 amide bonds. The highest BCUT2D eigenvalue weighted by Crippen LogP contribution is 2.26. The summed E-state index contributed by atoms with van der Waals surface area (Å²) in [4.78, 5) is 11.4. The molecule has 16 heavy (non-hydrogen) atoms. The van der Waals surface area contributed by atoms with Gasteiger partial charge in [-0.15, -0.1) is 6.58 Å². The predicted octanol–water partition coefficient (Wildman–Crippen LogP) is 0.664. The Kier molecular flexibility index (Phi) is 5.28. The molecule has 0 radical (unpaired) electrons. The maximum Gasteiger partial charge on any atom is 0.315 e. The van der Waals surface area contributed by atoms with Gasteiger partial charge in [0, 0.05) is 20.3 Å². The van der Waals surface area contributed by atoms with E-state index in [9.17, 15) is 4.79 Å². The summed E-state index contributed by atoms with van der Waals surface area (Å²) in [6.07, 6.45) is 2.49. The number of hydrogen-bond acceptors (Lipinski definition) is 3. The topological polar surface area (TPSA) is 59.6 Å². The second kappa shape index (κ2) is 6.50. The van der Waals surface area contributed by atoms with Crippen molar-refractivity contribution in [3.63, 3.8) is 0 Å². The average molecular weight is 228 g/mol. The van der Waals surface area contributed by atoms with E-state index >= 15 is 0 Å². The van der Waals surface area contributed by atoms with E-state index in [0.717, 1.165) is 6.42 Å². The minimum absolute atomic E-state index is 0.0337. The van der Waals surface area contributed by atoms with Crippen molar-refractivity contribution < 1.29 is 14.3 Å². The summed E-state index contributed by atoms with van der Waals surface area (Å²) in [5, 5.41) is 5.50. The first-order valence-corrected chi connectivity index (χ1v) is 5.52. The quantitative estimate of drug-likeness (QED) is 0.657. The molecule has 0 aromatic heterocycles. The Morgan fingerprint density at radius 2 is 2.38 bits per heavy atom. The lowest BCUT2D eigenvalue weighted by atomic mass is 9.85. The van der Waals surface area contributed by atoms with Gasteiger partial charge in [-0.2, -0.15) is 0 Å². The largest absolute Gasteiger partial charge is 0.377 e. The van der Waals surface area contributed by atoms with E-state index in [1.807, 2.05) is 6.92 Å². The minimum Gasteiger partial charge on any atom is -0.377 e. The van der Waals surface area contributed by atoms with Crippen LogP contribution >= 0.6 is 0 Å². The second-order valence-corrected chi connectivity index (χ2v) is 3.68. The summed E-state index contributed by atoms with van der Waals surface area (Å²) in [5.74, 6) is 0. The van der Waals surface area contributed by atoms with E-state index in [0.29, 0.717) is 13.2 Å². The van der Waals surface area contributed by atoms with E-state index in [1.54, 1.807) is 13.2 Å². The zero-order chi connectivity index (χ0) is 12.0. The Bertz CT molecular complexity index is 245. The third-order valence-corrected chi connectivity index (χ3v) is 2.63. The van der Waals surface area contributed by atoms with Gasteiger partial charge in [-0.25, -0.2) is 4.79 Å². The van der Waals surface area contributed by atoms with Crippen LogP contribution in [0.25, 0.3) is 0 Å². The minimum atomic E-state index is -0.193. The van der Waals surface area contributed by atoms with E-state index in [2.05, 4.69) is 17.2 Å². The standard InChI is InChI=1S/C11H20N2O3/c1-4-6-12-11(14)13-8-7-9(16-5-2)10(8)15-3/h4,8-10H,1,5-7H2,2-3H3,(H2,12,13,14)/t8-,9-,10-/m1/s1. The highest BCUT2D eigenvalue weighted by Gasteiger charge is 2.42. The molecule has 0 aromatic carbocycles. The summed E-state index contributed by atoms with van der Waals surface area (Å²) >= 11 is 0. The zero-order valence-electron chi connectivity index (χ0n) is 9.86. The van der Waals surface area contributed by atoms with Gasteiger partial charge in [-0.05, 0) is 13.3 Å². The van der Waals surface area contributed by atoms with Crippen LogP contribution in [0.3, 0.4) is 0 Å². The predicted molar refractivity (Wildman–Crippen MR) is 61.3 cm³/mol. The van der Waals surface area contributed by atoms with Crippen LogP contribution in [0.2, 0.25) is 0 Å². The molecule has 0 aromatic rings. The monoisotopic (exact) mass is 228 g/mol. The van der Waals surface area contributed by atoms with Crippen molar-refractivity contribution in [2.24, 2.45) is 0 Å². The fraction of sp³-hybridized carbons (Fsp3) is 0.727. The van der Waals surface area contributed by atoms with Crippen molar-refractivity contribution in [3.8, 4) is 0 Å². The fourth-order valence-corrected chi connectivity index (χ4v) is 1.80. The number of nitrogens with one attached hydrogen (secondary N) is 2. The molecule has 1 aliphatic rings. The van der Waals surface area contributed by atoms with Crippen LogP contribution < -0.4 is 10.6 Å². The molecule has 0 spiro atoms. The molecule has 1 rings (SSSR count). The van der Waals surface area contributed by atoms with Crippen LogP contribution in [-0.2, 0) is 9.47 Å². The Morgan fingerprint density at radius 3 is 2.94 bits per heavy atom. The summed E-state index contributed by atoms with van der Waals surface area (Å²) in [6, 6.07) is -0.159. The van der Waals surface area contributed by atoms with Gasteiger partial charge in [0.15, 0.2) is 0 Å². The number of ether oxygens (including phenoxy) is 2. The van der Waals surface area contributed by atoms with E-state index in [4.69, 9.17) is 9.47 Å². The van der Waals surface area contributed by atoms with E-state index in [1.165, 1.54) is 0 Å². The van der Waals surface area contributed by atoms with Crippen LogP contribution in [-0.4, -0.2) is 44.5 Å². The first-order chi connectivity index (χ1) is 7.72. The Labute approximate surface area is 96.2 Å². The van der Waals surface area contributed by atoms with Gasteiger partial charge in [0.05, 0.1) is 12.1 Å². The van der Waals surface area contributed by atoms with Gasteiger partial charge >= 0.3 is 6.03 Å². The maximum absolute atomic E-state index is 11.4. The van der Waals surface area contributed by atoms with Crippen molar-refractivity contribution in [3.05, 3.63) is 12.7 Å². The van der Waals surface area contributed by atoms with Gasteiger partial charge < -0.3 is 20.1 Å². The van der Waals surface area contributed by atoms with Crippen LogP contribution in [0, 0.1) is 0 Å². The second-order valence-electron chi connectivity index (χ2n) is 3.68. The lowest BCUT2D eigenvalue weighted by molar-refractivity contribution is -0.128. The first kappa shape index (κ1) is 13.0. The molecule has 5 heteroatoms. The fourth-order valence-electron chi connectivity index (χ4n) is 1.80. The molecule has 2 N–H and O–H groups in total. The molecule has 1 saturated carbocycles. The van der Waals surface area contributed by atoms with Gasteiger partial charge in [0.1, 0.15) is 6.10 Å². The van der Waals surface area contributed by atoms with Gasteiger partial charge in [-0.1, -0.05) is 6.08 Å². The number of hydrogen-bond donors (Lipinski definition) is 2. The zero-order valence-corrected chi connectivity index (χ0v) is 9.86. The maximum atomic E-state index is 11.4. The summed E-state index contributed by atoms with van der Waals surface area (Å²) in [5.41, 5.74) is 0. The third-order valence-electron chi connectivity index (χ3n) is 2.63. The molecule has 1 aliphatic carbocycles. The molecular formula is C11H20N2O3. The third kappa shape index (κ3) is 3.21. The number of carbonyl (C=O) groups is 1. The molecule has 92 valence electrons. The number of methoxy groups -OCH3 is 1. The van der Waals surface area contributed by atoms with Crippen LogP contribution in [0.4, 0.5) is 4.79 Å². The number of amides is 2. The first-order valence-electron chi connectivity index (χ1n) is 5.52. The van der Waals surface area contributed by atoms with E-state index < -0.39 is 0 Å². The molecular weight excluding hydrogens is 208 g/mol. The van der Waals surface area contributed by atoms with Crippen molar-refractivity contribution in [1.82, 2.24) is 10.6 Å². The number of urea groups is 1. The van der Waals surface area contributed by atoms with Gasteiger partial charge in [-0.3, -0.25) is 0 Å². The number of rotatable bonds is 6. The molecule has 3 atom stereocenters. The highest BCUT2D eigenvalue weighted by molar-refractivity contribution is 5.74. The molecule has 5 nitrogen and oxygen atoms in total. The lowest BCUT2D eigenvalue weighted by Crippen LogP contribution is -2.62. The Balaban J connectivity index is 2.28. The molecule has 0 saturated heterocycles. The normalized spacial score (nSPS) is 28.0. The van der Waals surface area contributed by atoms with Crippen molar-refractivity contribution >= 4 is 6.03 Å². The molecule has 0 bridgehead atoms. The van der Waals surface area contributed by atoms with Crippen LogP contribution in [0.15, 0.2) is 12.7 Å². The molecule has 0 heterocycles. The smallest absolute Gasteiger partial charge is 0.315 e. The van der Waals surface area contributed by atoms with Crippen molar-refractivity contribution in [1.29, 1.82) is 0 Å². The van der Waals surface area contributed by atoms with Gasteiger partial charge in [0.2, 0.25) is 0 Å². The molecule has 1 fully saturated rings. The molecule has 0 aliphatic heterocycles. The van der Waals surface area contributed by atoms with Crippen LogP contribution in [0.1, 0.15) is 13.3 Å². The highest BCUT2D eigenvalue weighted by atomic mass is 16.5. The summed E-state index contributed by atoms with van der Waals surface area (Å²) < 4.78 is 10.7. The van der Waals surface area contributed by atoms with Crippen molar-refractivity contribution in [2.45, 2.75) is 31.6 Å². The summed E-state index contributed by atoms with van der Waals surface area (Å²) in [7, 11) is 1.63.